The molecule has 2 unspecified atom stereocenters. The number of rotatable bonds is 1. The van der Waals surface area contributed by atoms with Crippen LogP contribution < -0.4 is 0 Å². The van der Waals surface area contributed by atoms with E-state index in [2.05, 4.69) is 6.07 Å². The van der Waals surface area contributed by atoms with E-state index in [-0.39, 0.29) is 11.4 Å². The lowest BCUT2D eigenvalue weighted by Crippen LogP contribution is -2.18. The van der Waals surface area contributed by atoms with Crippen LogP contribution in [-0.2, 0) is 6.42 Å². The lowest BCUT2D eigenvalue weighted by molar-refractivity contribution is 0.192. The van der Waals surface area contributed by atoms with Crippen molar-refractivity contribution in [1.82, 2.24) is 0 Å². The molecule has 13 heavy (non-hydrogen) atoms. The molecule has 0 bridgehead atoms. The number of fused-ring (bicyclic) bond motifs is 1. The molecule has 3 heteroatoms. The van der Waals surface area contributed by atoms with E-state index >= 15 is 0 Å². The van der Waals surface area contributed by atoms with E-state index in [1.165, 1.54) is 10.5 Å². The molecule has 0 fully saturated rings. The summed E-state index contributed by atoms with van der Waals surface area (Å²) in [5, 5.41) is 10.6. The van der Waals surface area contributed by atoms with Crippen molar-refractivity contribution >= 4 is 23.4 Å². The molecule has 70 valence electrons. The van der Waals surface area contributed by atoms with Crippen LogP contribution in [0.2, 0.25) is 5.02 Å². The number of hydrogen-bond acceptors (Lipinski definition) is 2. The summed E-state index contributed by atoms with van der Waals surface area (Å²) in [6.07, 6.45) is 0.616. The van der Waals surface area contributed by atoms with Crippen LogP contribution in [0.1, 0.15) is 12.5 Å². The molecule has 1 N–H and O–H groups in total. The second-order valence-corrected chi connectivity index (χ2v) is 5.01. The summed E-state index contributed by atoms with van der Waals surface area (Å²) < 4.78 is 0. The molecule has 1 aromatic carbocycles. The number of halogens is 1. The molecule has 0 spiro atoms. The number of aliphatic hydroxyl groups excluding tert-OH is 1. The van der Waals surface area contributed by atoms with Gasteiger partial charge in [-0.05, 0) is 31.0 Å². The fourth-order valence-electron chi connectivity index (χ4n) is 1.52. The molecule has 2 rings (SSSR count). The van der Waals surface area contributed by atoms with Crippen molar-refractivity contribution in [3.05, 3.63) is 28.8 Å². The highest BCUT2D eigenvalue weighted by molar-refractivity contribution is 8.00. The minimum atomic E-state index is -0.270. The van der Waals surface area contributed by atoms with Gasteiger partial charge in [-0.3, -0.25) is 0 Å². The zero-order valence-corrected chi connectivity index (χ0v) is 8.90. The SMILES string of the molecule is CC(O)C1Cc2c(Cl)cccc2S1. The molecule has 0 aromatic heterocycles. The van der Waals surface area contributed by atoms with Gasteiger partial charge in [-0.1, -0.05) is 17.7 Å². The average molecular weight is 215 g/mol. The van der Waals surface area contributed by atoms with Crippen molar-refractivity contribution in [2.24, 2.45) is 0 Å². The molecule has 0 radical (unpaired) electrons. The molecule has 2 atom stereocenters. The average Bonchev–Trinajstić information content (AvgIpc) is 2.49. The number of thioether (sulfide) groups is 1. The summed E-state index contributed by atoms with van der Waals surface area (Å²) >= 11 is 7.77. The topological polar surface area (TPSA) is 20.2 Å². The summed E-state index contributed by atoms with van der Waals surface area (Å²) in [6.45, 7) is 1.83. The van der Waals surface area contributed by atoms with E-state index in [1.54, 1.807) is 11.8 Å². The first-order valence-corrected chi connectivity index (χ1v) is 5.56. The molecule has 1 aromatic rings. The Morgan fingerprint density at radius 1 is 1.62 bits per heavy atom. The Morgan fingerprint density at radius 3 is 3.00 bits per heavy atom. The van der Waals surface area contributed by atoms with Crippen LogP contribution in [0.15, 0.2) is 23.1 Å². The molecular formula is C10H11ClOS. The molecule has 1 nitrogen and oxygen atoms in total. The van der Waals surface area contributed by atoms with Crippen molar-refractivity contribution in [2.45, 2.75) is 29.6 Å². The van der Waals surface area contributed by atoms with Crippen molar-refractivity contribution in [2.75, 3.05) is 0 Å². The first-order valence-electron chi connectivity index (χ1n) is 4.30. The first-order chi connectivity index (χ1) is 6.18. The Labute approximate surface area is 87.1 Å². The number of benzene rings is 1. The lowest BCUT2D eigenvalue weighted by atomic mass is 10.1. The van der Waals surface area contributed by atoms with E-state index in [9.17, 15) is 5.11 Å². The van der Waals surface area contributed by atoms with E-state index in [4.69, 9.17) is 11.6 Å². The summed E-state index contributed by atoms with van der Waals surface area (Å²) in [7, 11) is 0. The second kappa shape index (κ2) is 3.52. The van der Waals surface area contributed by atoms with E-state index < -0.39 is 0 Å². The highest BCUT2D eigenvalue weighted by Crippen LogP contribution is 2.41. The quantitative estimate of drug-likeness (QED) is 0.776. The maximum absolute atomic E-state index is 9.45. The van der Waals surface area contributed by atoms with Gasteiger partial charge < -0.3 is 5.11 Å². The summed E-state index contributed by atoms with van der Waals surface area (Å²) in [5.41, 5.74) is 1.19. The van der Waals surface area contributed by atoms with Gasteiger partial charge in [-0.15, -0.1) is 11.8 Å². The summed E-state index contributed by atoms with van der Waals surface area (Å²) in [4.78, 5) is 1.22. The largest absolute Gasteiger partial charge is 0.392 e. The van der Waals surface area contributed by atoms with Gasteiger partial charge in [0.25, 0.3) is 0 Å². The predicted molar refractivity (Wildman–Crippen MR) is 56.5 cm³/mol. The molecule has 1 aliphatic rings. The van der Waals surface area contributed by atoms with Crippen LogP contribution in [0.4, 0.5) is 0 Å². The zero-order chi connectivity index (χ0) is 9.42. The molecule has 0 aliphatic carbocycles. The highest BCUT2D eigenvalue weighted by Gasteiger charge is 2.27. The Hall–Kier alpha value is -0.180. The van der Waals surface area contributed by atoms with Crippen LogP contribution in [0.25, 0.3) is 0 Å². The van der Waals surface area contributed by atoms with Gasteiger partial charge in [-0.25, -0.2) is 0 Å². The number of hydrogen-bond donors (Lipinski definition) is 1. The van der Waals surface area contributed by atoms with Gasteiger partial charge in [-0.2, -0.15) is 0 Å². The van der Waals surface area contributed by atoms with Crippen LogP contribution in [0.5, 0.6) is 0 Å². The molecule has 0 saturated heterocycles. The second-order valence-electron chi connectivity index (χ2n) is 3.32. The van der Waals surface area contributed by atoms with Gasteiger partial charge in [0.1, 0.15) is 0 Å². The van der Waals surface area contributed by atoms with Crippen LogP contribution in [0, 0.1) is 0 Å². The van der Waals surface area contributed by atoms with Crippen LogP contribution >= 0.6 is 23.4 Å². The van der Waals surface area contributed by atoms with Gasteiger partial charge in [0.15, 0.2) is 0 Å². The summed E-state index contributed by atoms with van der Waals surface area (Å²) in [6, 6.07) is 5.93. The minimum absolute atomic E-state index is 0.270. The van der Waals surface area contributed by atoms with E-state index in [0.29, 0.717) is 0 Å². The summed E-state index contributed by atoms with van der Waals surface area (Å²) in [5.74, 6) is 0. The fraction of sp³-hybridized carbons (Fsp3) is 0.400. The fourth-order valence-corrected chi connectivity index (χ4v) is 3.10. The predicted octanol–water partition coefficient (Wildman–Crippen LogP) is 2.74. The standard InChI is InChI=1S/C10H11ClOS/c1-6(12)10-5-7-8(11)3-2-4-9(7)13-10/h2-4,6,10,12H,5H2,1H3. The molecular weight excluding hydrogens is 204 g/mol. The van der Waals surface area contributed by atoms with Crippen molar-refractivity contribution < 1.29 is 5.11 Å². The van der Waals surface area contributed by atoms with Gasteiger partial charge in [0.2, 0.25) is 0 Å². The monoisotopic (exact) mass is 214 g/mol. The van der Waals surface area contributed by atoms with Gasteiger partial charge in [0.05, 0.1) is 6.10 Å². The third-order valence-electron chi connectivity index (χ3n) is 2.30. The van der Waals surface area contributed by atoms with Gasteiger partial charge in [0, 0.05) is 15.2 Å². The maximum Gasteiger partial charge on any atom is 0.0637 e. The minimum Gasteiger partial charge on any atom is -0.392 e. The molecule has 0 saturated carbocycles. The zero-order valence-electron chi connectivity index (χ0n) is 7.33. The van der Waals surface area contributed by atoms with Gasteiger partial charge >= 0.3 is 0 Å². The van der Waals surface area contributed by atoms with E-state index in [1.807, 2.05) is 19.1 Å². The molecule has 1 heterocycles. The maximum atomic E-state index is 9.45. The smallest absolute Gasteiger partial charge is 0.0637 e. The van der Waals surface area contributed by atoms with Crippen molar-refractivity contribution in [3.8, 4) is 0 Å². The normalized spacial score (nSPS) is 22.8. The Morgan fingerprint density at radius 2 is 2.38 bits per heavy atom. The Balaban J connectivity index is 2.30. The van der Waals surface area contributed by atoms with E-state index in [0.717, 1.165) is 11.4 Å². The third-order valence-corrected chi connectivity index (χ3v) is 4.15. The first kappa shape index (κ1) is 9.38. The Kier molecular flexibility index (Phi) is 2.54. The molecule has 1 aliphatic heterocycles. The highest BCUT2D eigenvalue weighted by atomic mass is 35.5. The molecule has 0 amide bonds. The van der Waals surface area contributed by atoms with Crippen LogP contribution in [-0.4, -0.2) is 16.5 Å². The third kappa shape index (κ3) is 1.71. The van der Waals surface area contributed by atoms with Crippen molar-refractivity contribution in [1.29, 1.82) is 0 Å². The number of aliphatic hydroxyl groups is 1. The van der Waals surface area contributed by atoms with Crippen LogP contribution in [0.3, 0.4) is 0 Å². The Bertz CT molecular complexity index is 325. The lowest BCUT2D eigenvalue weighted by Gasteiger charge is -2.10. The van der Waals surface area contributed by atoms with Crippen molar-refractivity contribution in [3.63, 3.8) is 0 Å².